The number of nitrogens with zero attached hydrogens (tertiary/aromatic N) is 5. The van der Waals surface area contributed by atoms with E-state index in [1.807, 2.05) is 0 Å². The van der Waals surface area contributed by atoms with Gasteiger partial charge in [0.25, 0.3) is 0 Å². The summed E-state index contributed by atoms with van der Waals surface area (Å²) in [6.07, 6.45) is 0.304. The zero-order chi connectivity index (χ0) is 16.8. The van der Waals surface area contributed by atoms with Crippen molar-refractivity contribution >= 4 is 21.5 Å². The van der Waals surface area contributed by atoms with Crippen molar-refractivity contribution in [2.75, 3.05) is 37.3 Å². The molecule has 2 aromatic rings. The normalized spacial score (nSPS) is 17.8. The van der Waals surface area contributed by atoms with Crippen LogP contribution in [0.3, 0.4) is 0 Å². The number of hydrogen-bond donors (Lipinski definition) is 0. The number of anilines is 1. The maximum atomic E-state index is 12.8. The van der Waals surface area contributed by atoms with Gasteiger partial charge >= 0.3 is 6.18 Å². The predicted octanol–water partition coefficient (Wildman–Crippen LogP) is 0.830. The molecule has 2 aromatic heterocycles. The van der Waals surface area contributed by atoms with E-state index in [1.165, 1.54) is 21.1 Å². The minimum absolute atomic E-state index is 0.104. The summed E-state index contributed by atoms with van der Waals surface area (Å²) in [5.41, 5.74) is -0.880. The SMILES string of the molecule is CS(=O)(=O)N1CCN(c2nccn3cc(C(F)(F)F)nc23)CC1. The Morgan fingerprint density at radius 2 is 1.83 bits per heavy atom. The van der Waals surface area contributed by atoms with Crippen LogP contribution in [0, 0.1) is 0 Å². The van der Waals surface area contributed by atoms with Crippen molar-refractivity contribution in [3.63, 3.8) is 0 Å². The molecule has 0 amide bonds. The van der Waals surface area contributed by atoms with Crippen LogP contribution in [-0.2, 0) is 16.2 Å². The first-order chi connectivity index (χ1) is 10.7. The van der Waals surface area contributed by atoms with Gasteiger partial charge in [-0.15, -0.1) is 0 Å². The van der Waals surface area contributed by atoms with E-state index in [1.54, 1.807) is 4.90 Å². The van der Waals surface area contributed by atoms with Crippen LogP contribution in [0.1, 0.15) is 5.69 Å². The van der Waals surface area contributed by atoms with Gasteiger partial charge < -0.3 is 9.30 Å². The molecule has 126 valence electrons. The van der Waals surface area contributed by atoms with E-state index >= 15 is 0 Å². The number of alkyl halides is 3. The second-order valence-corrected chi connectivity index (χ2v) is 7.24. The molecule has 23 heavy (non-hydrogen) atoms. The highest BCUT2D eigenvalue weighted by Crippen LogP contribution is 2.30. The van der Waals surface area contributed by atoms with Crippen LogP contribution in [-0.4, -0.2) is 59.5 Å². The number of fused-ring (bicyclic) bond motifs is 1. The molecule has 7 nitrogen and oxygen atoms in total. The summed E-state index contributed by atoms with van der Waals surface area (Å²) in [6.45, 7) is 1.20. The van der Waals surface area contributed by atoms with Crippen molar-refractivity contribution in [1.29, 1.82) is 0 Å². The Morgan fingerprint density at radius 3 is 2.39 bits per heavy atom. The van der Waals surface area contributed by atoms with Crippen LogP contribution in [0.5, 0.6) is 0 Å². The maximum Gasteiger partial charge on any atom is 0.434 e. The number of halogens is 3. The molecule has 3 rings (SSSR count). The predicted molar refractivity (Wildman–Crippen MR) is 76.6 cm³/mol. The van der Waals surface area contributed by atoms with Crippen molar-refractivity contribution in [3.05, 3.63) is 24.3 Å². The molecular weight excluding hydrogens is 335 g/mol. The molecule has 1 saturated heterocycles. The highest BCUT2D eigenvalue weighted by atomic mass is 32.2. The lowest BCUT2D eigenvalue weighted by atomic mass is 10.3. The second-order valence-electron chi connectivity index (χ2n) is 5.25. The van der Waals surface area contributed by atoms with Gasteiger partial charge in [-0.25, -0.2) is 18.4 Å². The van der Waals surface area contributed by atoms with Crippen LogP contribution in [0.25, 0.3) is 5.65 Å². The summed E-state index contributed by atoms with van der Waals surface area (Å²) < 4.78 is 64.0. The van der Waals surface area contributed by atoms with Crippen LogP contribution < -0.4 is 4.90 Å². The van der Waals surface area contributed by atoms with Gasteiger partial charge in [0.2, 0.25) is 10.0 Å². The van der Waals surface area contributed by atoms with E-state index in [9.17, 15) is 21.6 Å². The molecule has 1 aliphatic rings. The van der Waals surface area contributed by atoms with Gasteiger partial charge in [0.05, 0.1) is 6.26 Å². The molecule has 0 atom stereocenters. The third-order valence-electron chi connectivity index (χ3n) is 3.65. The highest BCUT2D eigenvalue weighted by molar-refractivity contribution is 7.88. The number of hydrogen-bond acceptors (Lipinski definition) is 5. The summed E-state index contributed by atoms with van der Waals surface area (Å²) >= 11 is 0. The summed E-state index contributed by atoms with van der Waals surface area (Å²) in [4.78, 5) is 9.49. The van der Waals surface area contributed by atoms with Crippen molar-refractivity contribution in [1.82, 2.24) is 18.7 Å². The van der Waals surface area contributed by atoms with Gasteiger partial charge in [-0.1, -0.05) is 0 Å². The molecule has 1 fully saturated rings. The first kappa shape index (κ1) is 16.0. The van der Waals surface area contributed by atoms with Gasteiger partial charge in [-0.05, 0) is 0 Å². The molecule has 1 aliphatic heterocycles. The van der Waals surface area contributed by atoms with Crippen molar-refractivity contribution in [2.24, 2.45) is 0 Å². The molecule has 0 unspecified atom stereocenters. The van der Waals surface area contributed by atoms with Crippen LogP contribution in [0.15, 0.2) is 18.6 Å². The van der Waals surface area contributed by atoms with E-state index in [-0.39, 0.29) is 18.7 Å². The highest BCUT2D eigenvalue weighted by Gasteiger charge is 2.35. The average Bonchev–Trinajstić information content (AvgIpc) is 2.90. The molecule has 0 bridgehead atoms. The largest absolute Gasteiger partial charge is 0.434 e. The summed E-state index contributed by atoms with van der Waals surface area (Å²) in [5.74, 6) is 0.316. The molecule has 0 spiro atoms. The third kappa shape index (κ3) is 3.11. The summed E-state index contributed by atoms with van der Waals surface area (Å²) in [6, 6.07) is 0. The molecule has 0 radical (unpaired) electrons. The Kier molecular flexibility index (Phi) is 3.71. The fraction of sp³-hybridized carbons (Fsp3) is 0.500. The Bertz CT molecular complexity index is 825. The van der Waals surface area contributed by atoms with Crippen LogP contribution in [0.4, 0.5) is 19.0 Å². The number of aromatic nitrogens is 3. The van der Waals surface area contributed by atoms with Gasteiger partial charge in [0, 0.05) is 44.8 Å². The quantitative estimate of drug-likeness (QED) is 0.803. The lowest BCUT2D eigenvalue weighted by Gasteiger charge is -2.33. The molecule has 11 heteroatoms. The fourth-order valence-electron chi connectivity index (χ4n) is 2.50. The summed E-state index contributed by atoms with van der Waals surface area (Å²) in [7, 11) is -3.27. The molecule has 0 aromatic carbocycles. The minimum Gasteiger partial charge on any atom is -0.351 e. The number of rotatable bonds is 2. The van der Waals surface area contributed by atoms with Crippen LogP contribution in [0.2, 0.25) is 0 Å². The number of piperazine rings is 1. The average molecular weight is 349 g/mol. The number of sulfonamides is 1. The smallest absolute Gasteiger partial charge is 0.351 e. The van der Waals surface area contributed by atoms with E-state index in [0.29, 0.717) is 18.9 Å². The fourth-order valence-corrected chi connectivity index (χ4v) is 3.32. The van der Waals surface area contributed by atoms with E-state index < -0.39 is 21.9 Å². The van der Waals surface area contributed by atoms with E-state index in [0.717, 1.165) is 12.5 Å². The molecule has 0 N–H and O–H groups in total. The monoisotopic (exact) mass is 349 g/mol. The molecule has 0 aliphatic carbocycles. The minimum atomic E-state index is -4.53. The van der Waals surface area contributed by atoms with Gasteiger partial charge in [0.1, 0.15) is 0 Å². The van der Waals surface area contributed by atoms with Gasteiger partial charge in [-0.3, -0.25) is 0 Å². The standard InChI is InChI=1S/C12H14F3N5O2S/c1-23(21,22)20-6-4-18(5-7-20)10-11-17-9(12(13,14)15)8-19(11)3-2-16-10/h2-3,8H,4-7H2,1H3. The van der Waals surface area contributed by atoms with Crippen molar-refractivity contribution < 1.29 is 21.6 Å². The van der Waals surface area contributed by atoms with Gasteiger partial charge in [0.15, 0.2) is 17.2 Å². The van der Waals surface area contributed by atoms with E-state index in [2.05, 4.69) is 9.97 Å². The molecule has 0 saturated carbocycles. The van der Waals surface area contributed by atoms with Crippen LogP contribution >= 0.6 is 0 Å². The zero-order valence-electron chi connectivity index (χ0n) is 12.2. The Morgan fingerprint density at radius 1 is 1.17 bits per heavy atom. The first-order valence-electron chi connectivity index (χ1n) is 6.77. The van der Waals surface area contributed by atoms with Gasteiger partial charge in [-0.2, -0.15) is 17.5 Å². The maximum absolute atomic E-state index is 12.8. The Hall–Kier alpha value is -1.88. The number of imidazole rings is 1. The first-order valence-corrected chi connectivity index (χ1v) is 8.62. The summed E-state index contributed by atoms with van der Waals surface area (Å²) in [5, 5.41) is 0. The van der Waals surface area contributed by atoms with Crippen molar-refractivity contribution in [2.45, 2.75) is 6.18 Å². The lowest BCUT2D eigenvalue weighted by Crippen LogP contribution is -2.48. The molecular formula is C12H14F3N5O2S. The topological polar surface area (TPSA) is 70.8 Å². The Balaban J connectivity index is 1.91. The lowest BCUT2D eigenvalue weighted by molar-refractivity contribution is -0.140. The zero-order valence-corrected chi connectivity index (χ0v) is 13.0. The second kappa shape index (κ2) is 5.34. The van der Waals surface area contributed by atoms with E-state index in [4.69, 9.17) is 0 Å². The Labute approximate surface area is 130 Å². The third-order valence-corrected chi connectivity index (χ3v) is 4.96. The molecule has 3 heterocycles. The van der Waals surface area contributed by atoms with Crippen molar-refractivity contribution in [3.8, 4) is 0 Å².